The molecule has 1 amide bonds. The molecular formula is C14H19FN2O. The molecule has 3 N–H and O–H groups in total. The number of halogens is 1. The first kappa shape index (κ1) is 13.0. The molecule has 3 nitrogen and oxygen atoms in total. The standard InChI is InChI=1S/C14H19FN2O/c1-14(8-4-7-12(14)16)13(18)17-9-10-5-2-3-6-11(10)15/h2-3,5-6,12H,4,7-9,16H2,1H3,(H,17,18). The molecule has 18 heavy (non-hydrogen) atoms. The summed E-state index contributed by atoms with van der Waals surface area (Å²) in [4.78, 5) is 12.1. The Morgan fingerprint density at radius 1 is 1.56 bits per heavy atom. The van der Waals surface area contributed by atoms with Crippen LogP contribution < -0.4 is 11.1 Å². The number of rotatable bonds is 3. The molecule has 1 saturated carbocycles. The van der Waals surface area contributed by atoms with Crippen LogP contribution in [0.3, 0.4) is 0 Å². The molecule has 1 aromatic rings. The maximum Gasteiger partial charge on any atom is 0.227 e. The number of amides is 1. The Kier molecular flexibility index (Phi) is 3.66. The highest BCUT2D eigenvalue weighted by atomic mass is 19.1. The van der Waals surface area contributed by atoms with E-state index in [1.165, 1.54) is 6.07 Å². The first-order chi connectivity index (χ1) is 8.54. The minimum Gasteiger partial charge on any atom is -0.351 e. The smallest absolute Gasteiger partial charge is 0.227 e. The molecule has 2 atom stereocenters. The normalized spacial score (nSPS) is 27.2. The van der Waals surface area contributed by atoms with Gasteiger partial charge in [0.25, 0.3) is 0 Å². The van der Waals surface area contributed by atoms with E-state index >= 15 is 0 Å². The van der Waals surface area contributed by atoms with Gasteiger partial charge in [-0.1, -0.05) is 24.6 Å². The Morgan fingerprint density at radius 2 is 2.28 bits per heavy atom. The topological polar surface area (TPSA) is 55.1 Å². The van der Waals surface area contributed by atoms with E-state index < -0.39 is 5.41 Å². The molecule has 4 heteroatoms. The minimum absolute atomic E-state index is 0.0734. The summed E-state index contributed by atoms with van der Waals surface area (Å²) >= 11 is 0. The Hall–Kier alpha value is -1.42. The van der Waals surface area contributed by atoms with Crippen molar-refractivity contribution in [2.45, 2.75) is 38.8 Å². The van der Waals surface area contributed by atoms with E-state index in [0.29, 0.717) is 5.56 Å². The predicted molar refractivity (Wildman–Crippen MR) is 68.2 cm³/mol. The zero-order valence-electron chi connectivity index (χ0n) is 10.6. The summed E-state index contributed by atoms with van der Waals surface area (Å²) in [6, 6.07) is 6.36. The lowest BCUT2D eigenvalue weighted by Crippen LogP contribution is -2.47. The SMILES string of the molecule is CC1(C(=O)NCc2ccccc2F)CCCC1N. The number of carbonyl (C=O) groups excluding carboxylic acids is 1. The van der Waals surface area contributed by atoms with Gasteiger partial charge in [0.15, 0.2) is 0 Å². The molecule has 0 bridgehead atoms. The summed E-state index contributed by atoms with van der Waals surface area (Å²) < 4.78 is 13.4. The minimum atomic E-state index is -0.509. The lowest BCUT2D eigenvalue weighted by molar-refractivity contribution is -0.130. The largest absolute Gasteiger partial charge is 0.351 e. The van der Waals surface area contributed by atoms with Gasteiger partial charge >= 0.3 is 0 Å². The first-order valence-corrected chi connectivity index (χ1v) is 6.31. The van der Waals surface area contributed by atoms with E-state index in [4.69, 9.17) is 5.73 Å². The van der Waals surface area contributed by atoms with Crippen LogP contribution >= 0.6 is 0 Å². The van der Waals surface area contributed by atoms with Gasteiger partial charge in [0.05, 0.1) is 5.41 Å². The van der Waals surface area contributed by atoms with Crippen molar-refractivity contribution in [3.8, 4) is 0 Å². The van der Waals surface area contributed by atoms with Gasteiger partial charge in [-0.25, -0.2) is 4.39 Å². The highest BCUT2D eigenvalue weighted by Gasteiger charge is 2.42. The van der Waals surface area contributed by atoms with Gasteiger partial charge in [-0.3, -0.25) is 4.79 Å². The van der Waals surface area contributed by atoms with Gasteiger partial charge in [0.1, 0.15) is 5.82 Å². The van der Waals surface area contributed by atoms with Gasteiger partial charge < -0.3 is 11.1 Å². The maximum atomic E-state index is 13.4. The molecule has 2 unspecified atom stereocenters. The number of hydrogen-bond donors (Lipinski definition) is 2. The van der Waals surface area contributed by atoms with E-state index in [0.717, 1.165) is 19.3 Å². The molecule has 1 fully saturated rings. The second-order valence-electron chi connectivity index (χ2n) is 5.19. The first-order valence-electron chi connectivity index (χ1n) is 6.31. The van der Waals surface area contributed by atoms with Gasteiger partial charge in [0, 0.05) is 18.2 Å². The van der Waals surface area contributed by atoms with Crippen LogP contribution in [0.25, 0.3) is 0 Å². The van der Waals surface area contributed by atoms with E-state index in [1.54, 1.807) is 18.2 Å². The van der Waals surface area contributed by atoms with Crippen molar-refractivity contribution in [3.05, 3.63) is 35.6 Å². The van der Waals surface area contributed by atoms with Crippen LogP contribution in [0.15, 0.2) is 24.3 Å². The van der Waals surface area contributed by atoms with Crippen molar-refractivity contribution in [2.24, 2.45) is 11.1 Å². The van der Waals surface area contributed by atoms with Gasteiger partial charge in [-0.05, 0) is 25.8 Å². The average Bonchev–Trinajstić information content (AvgIpc) is 2.69. The van der Waals surface area contributed by atoms with Crippen LogP contribution in [0, 0.1) is 11.2 Å². The average molecular weight is 250 g/mol. The zero-order chi connectivity index (χ0) is 13.2. The van der Waals surface area contributed by atoms with Gasteiger partial charge in [0.2, 0.25) is 5.91 Å². The molecule has 2 rings (SSSR count). The molecule has 0 heterocycles. The third-order valence-electron chi connectivity index (χ3n) is 3.95. The number of hydrogen-bond acceptors (Lipinski definition) is 2. The van der Waals surface area contributed by atoms with Crippen LogP contribution in [-0.2, 0) is 11.3 Å². The molecule has 98 valence electrons. The lowest BCUT2D eigenvalue weighted by atomic mass is 9.84. The number of nitrogens with two attached hydrogens (primary N) is 1. The Bertz CT molecular complexity index is 449. The van der Waals surface area contributed by atoms with Crippen LogP contribution in [0.1, 0.15) is 31.7 Å². The van der Waals surface area contributed by atoms with E-state index in [1.807, 2.05) is 6.92 Å². The van der Waals surface area contributed by atoms with Crippen molar-refractivity contribution in [2.75, 3.05) is 0 Å². The van der Waals surface area contributed by atoms with Crippen LogP contribution in [0.2, 0.25) is 0 Å². The Balaban J connectivity index is 1.99. The molecule has 1 aromatic carbocycles. The third kappa shape index (κ3) is 2.38. The fourth-order valence-electron chi connectivity index (χ4n) is 2.49. The zero-order valence-corrected chi connectivity index (χ0v) is 10.6. The number of carbonyl (C=O) groups is 1. The third-order valence-corrected chi connectivity index (χ3v) is 3.95. The van der Waals surface area contributed by atoms with Crippen molar-refractivity contribution >= 4 is 5.91 Å². The van der Waals surface area contributed by atoms with E-state index in [9.17, 15) is 9.18 Å². The Labute approximate surface area is 107 Å². The predicted octanol–water partition coefficient (Wildman–Crippen LogP) is 1.96. The molecule has 0 aliphatic heterocycles. The summed E-state index contributed by atoms with van der Waals surface area (Å²) in [7, 11) is 0. The van der Waals surface area contributed by atoms with Gasteiger partial charge in [-0.15, -0.1) is 0 Å². The van der Waals surface area contributed by atoms with Crippen molar-refractivity contribution < 1.29 is 9.18 Å². The quantitative estimate of drug-likeness (QED) is 0.861. The van der Waals surface area contributed by atoms with Crippen LogP contribution in [-0.4, -0.2) is 11.9 Å². The fourth-order valence-corrected chi connectivity index (χ4v) is 2.49. The van der Waals surface area contributed by atoms with Crippen molar-refractivity contribution in [1.82, 2.24) is 5.32 Å². The summed E-state index contributed by atoms with van der Waals surface area (Å²) in [5.74, 6) is -0.366. The number of benzene rings is 1. The van der Waals surface area contributed by atoms with Crippen molar-refractivity contribution in [1.29, 1.82) is 0 Å². The highest BCUT2D eigenvalue weighted by molar-refractivity contribution is 5.83. The molecule has 0 radical (unpaired) electrons. The molecule has 0 spiro atoms. The van der Waals surface area contributed by atoms with Crippen LogP contribution in [0.4, 0.5) is 4.39 Å². The van der Waals surface area contributed by atoms with Crippen LogP contribution in [0.5, 0.6) is 0 Å². The lowest BCUT2D eigenvalue weighted by Gasteiger charge is -2.27. The molecule has 1 aliphatic rings. The molecular weight excluding hydrogens is 231 g/mol. The summed E-state index contributed by atoms with van der Waals surface area (Å²) in [5.41, 5.74) is 5.97. The fraction of sp³-hybridized carbons (Fsp3) is 0.500. The van der Waals surface area contributed by atoms with E-state index in [-0.39, 0.29) is 24.3 Å². The maximum absolute atomic E-state index is 13.4. The monoisotopic (exact) mass is 250 g/mol. The second kappa shape index (κ2) is 5.06. The van der Waals surface area contributed by atoms with Gasteiger partial charge in [-0.2, -0.15) is 0 Å². The summed E-state index contributed by atoms with van der Waals surface area (Å²) in [6.07, 6.45) is 2.66. The second-order valence-corrected chi connectivity index (χ2v) is 5.19. The van der Waals surface area contributed by atoms with E-state index in [2.05, 4.69) is 5.32 Å². The highest BCUT2D eigenvalue weighted by Crippen LogP contribution is 2.36. The summed E-state index contributed by atoms with van der Waals surface area (Å²) in [6.45, 7) is 2.11. The molecule has 0 saturated heterocycles. The van der Waals surface area contributed by atoms with Crippen molar-refractivity contribution in [3.63, 3.8) is 0 Å². The Morgan fingerprint density at radius 3 is 2.89 bits per heavy atom. The molecule has 1 aliphatic carbocycles. The molecule has 0 aromatic heterocycles. The summed E-state index contributed by atoms with van der Waals surface area (Å²) in [5, 5.41) is 2.79. The number of nitrogens with one attached hydrogen (secondary N) is 1.